The molecule has 3 aromatic rings. The van der Waals surface area contributed by atoms with E-state index in [1.165, 1.54) is 12.1 Å². The molecule has 0 fully saturated rings. The maximum atomic E-state index is 12.9. The highest BCUT2D eigenvalue weighted by Gasteiger charge is 2.09. The zero-order valence-electron chi connectivity index (χ0n) is 11.8. The summed E-state index contributed by atoms with van der Waals surface area (Å²) in [6.07, 6.45) is 0. The van der Waals surface area contributed by atoms with Gasteiger partial charge in [0.1, 0.15) is 17.3 Å². The zero-order valence-corrected chi connectivity index (χ0v) is 11.8. The Morgan fingerprint density at radius 2 is 1.68 bits per heavy atom. The molecule has 3 rings (SSSR count). The molecule has 0 unspecified atom stereocenters. The molecule has 112 valence electrons. The molecule has 0 N–H and O–H groups in total. The van der Waals surface area contributed by atoms with E-state index in [0.717, 1.165) is 5.75 Å². The molecule has 0 amide bonds. The first kappa shape index (κ1) is 14.1. The van der Waals surface area contributed by atoms with Crippen molar-refractivity contribution in [3.63, 3.8) is 0 Å². The average Bonchev–Trinajstić information content (AvgIpc) is 3.03. The minimum absolute atomic E-state index is 0.153. The monoisotopic (exact) mass is 300 g/mol. The van der Waals surface area contributed by atoms with Gasteiger partial charge in [0.25, 0.3) is 5.89 Å². The number of benzene rings is 2. The van der Waals surface area contributed by atoms with Gasteiger partial charge in [-0.3, -0.25) is 0 Å². The highest BCUT2D eigenvalue weighted by Crippen LogP contribution is 2.19. The fourth-order valence-corrected chi connectivity index (χ4v) is 1.85. The molecule has 0 aliphatic rings. The fraction of sp³-hybridized carbons (Fsp3) is 0.125. The summed E-state index contributed by atoms with van der Waals surface area (Å²) >= 11 is 0. The molecule has 1 heterocycles. The van der Waals surface area contributed by atoms with Crippen LogP contribution in [0, 0.1) is 5.82 Å². The number of ether oxygens (including phenoxy) is 2. The summed E-state index contributed by atoms with van der Waals surface area (Å²) in [5, 5.41) is 3.85. The van der Waals surface area contributed by atoms with Crippen LogP contribution in [0.3, 0.4) is 0 Å². The lowest BCUT2D eigenvalue weighted by Gasteiger charge is -2.04. The number of aromatic nitrogens is 2. The Balaban J connectivity index is 1.65. The molecular weight excluding hydrogens is 287 g/mol. The molecule has 0 spiro atoms. The molecule has 0 aliphatic heterocycles. The van der Waals surface area contributed by atoms with Crippen molar-refractivity contribution in [2.24, 2.45) is 0 Å². The van der Waals surface area contributed by atoms with Gasteiger partial charge in [0.2, 0.25) is 5.82 Å². The van der Waals surface area contributed by atoms with E-state index in [9.17, 15) is 4.39 Å². The Labute approximate surface area is 126 Å². The van der Waals surface area contributed by atoms with E-state index in [1.807, 2.05) is 0 Å². The molecule has 1 aromatic heterocycles. The van der Waals surface area contributed by atoms with Crippen LogP contribution in [0.15, 0.2) is 53.1 Å². The highest BCUT2D eigenvalue weighted by molar-refractivity contribution is 5.53. The summed E-state index contributed by atoms with van der Waals surface area (Å²) in [4.78, 5) is 4.21. The van der Waals surface area contributed by atoms with Gasteiger partial charge in [0, 0.05) is 5.56 Å². The Kier molecular flexibility index (Phi) is 4.00. The van der Waals surface area contributed by atoms with Crippen molar-refractivity contribution in [3.8, 4) is 22.9 Å². The van der Waals surface area contributed by atoms with E-state index in [2.05, 4.69) is 10.1 Å². The van der Waals surface area contributed by atoms with Crippen molar-refractivity contribution in [2.75, 3.05) is 7.11 Å². The second kappa shape index (κ2) is 6.26. The third-order valence-electron chi connectivity index (χ3n) is 2.99. The largest absolute Gasteiger partial charge is 0.497 e. The van der Waals surface area contributed by atoms with E-state index in [1.54, 1.807) is 43.5 Å². The fourth-order valence-electron chi connectivity index (χ4n) is 1.85. The maximum Gasteiger partial charge on any atom is 0.264 e. The van der Waals surface area contributed by atoms with Gasteiger partial charge in [-0.15, -0.1) is 0 Å². The van der Waals surface area contributed by atoms with Gasteiger partial charge in [-0.05, 0) is 48.5 Å². The molecular formula is C16H13FN2O3. The second-order valence-electron chi connectivity index (χ2n) is 4.48. The summed E-state index contributed by atoms with van der Waals surface area (Å²) in [5.41, 5.74) is 0.681. The first-order chi connectivity index (χ1) is 10.7. The predicted molar refractivity (Wildman–Crippen MR) is 77.0 cm³/mol. The summed E-state index contributed by atoms with van der Waals surface area (Å²) in [7, 11) is 1.60. The van der Waals surface area contributed by atoms with Crippen LogP contribution in [0.2, 0.25) is 0 Å². The van der Waals surface area contributed by atoms with Crippen molar-refractivity contribution >= 4 is 0 Å². The van der Waals surface area contributed by atoms with Crippen LogP contribution in [0.25, 0.3) is 11.4 Å². The zero-order chi connectivity index (χ0) is 15.4. The molecule has 0 saturated heterocycles. The van der Waals surface area contributed by atoms with Crippen molar-refractivity contribution in [2.45, 2.75) is 6.61 Å². The molecule has 0 bridgehead atoms. The van der Waals surface area contributed by atoms with Gasteiger partial charge in [-0.1, -0.05) is 5.16 Å². The minimum Gasteiger partial charge on any atom is -0.497 e. The molecule has 2 aromatic carbocycles. The Morgan fingerprint density at radius 1 is 1.00 bits per heavy atom. The third-order valence-corrected chi connectivity index (χ3v) is 2.99. The maximum absolute atomic E-state index is 12.9. The minimum atomic E-state index is -0.310. The van der Waals surface area contributed by atoms with Crippen molar-refractivity contribution in [3.05, 3.63) is 60.2 Å². The van der Waals surface area contributed by atoms with Crippen LogP contribution in [0.4, 0.5) is 4.39 Å². The van der Waals surface area contributed by atoms with Crippen LogP contribution >= 0.6 is 0 Å². The lowest BCUT2D eigenvalue weighted by atomic mass is 10.2. The van der Waals surface area contributed by atoms with Gasteiger partial charge >= 0.3 is 0 Å². The van der Waals surface area contributed by atoms with E-state index in [0.29, 0.717) is 23.0 Å². The average molecular weight is 300 g/mol. The van der Waals surface area contributed by atoms with E-state index in [-0.39, 0.29) is 12.4 Å². The lowest BCUT2D eigenvalue weighted by molar-refractivity contribution is 0.242. The van der Waals surface area contributed by atoms with Crippen molar-refractivity contribution in [1.29, 1.82) is 0 Å². The summed E-state index contributed by atoms with van der Waals surface area (Å²) in [5.74, 6) is 1.85. The summed E-state index contributed by atoms with van der Waals surface area (Å²) in [6.45, 7) is 0.153. The third kappa shape index (κ3) is 3.22. The van der Waals surface area contributed by atoms with Crippen LogP contribution in [0.1, 0.15) is 5.89 Å². The second-order valence-corrected chi connectivity index (χ2v) is 4.48. The number of rotatable bonds is 5. The van der Waals surface area contributed by atoms with Gasteiger partial charge in [0.15, 0.2) is 6.61 Å². The molecule has 0 saturated carbocycles. The number of nitrogens with zero attached hydrogens (tertiary/aromatic N) is 2. The normalized spacial score (nSPS) is 10.5. The van der Waals surface area contributed by atoms with E-state index >= 15 is 0 Å². The van der Waals surface area contributed by atoms with Crippen LogP contribution in [-0.2, 0) is 6.61 Å². The summed E-state index contributed by atoms with van der Waals surface area (Å²) < 4.78 is 28.6. The first-order valence-electron chi connectivity index (χ1n) is 6.60. The van der Waals surface area contributed by atoms with Gasteiger partial charge < -0.3 is 14.0 Å². The topological polar surface area (TPSA) is 57.4 Å². The predicted octanol–water partition coefficient (Wildman–Crippen LogP) is 3.46. The Morgan fingerprint density at radius 3 is 2.36 bits per heavy atom. The van der Waals surface area contributed by atoms with Gasteiger partial charge in [-0.2, -0.15) is 4.98 Å². The molecule has 6 heteroatoms. The smallest absolute Gasteiger partial charge is 0.264 e. The van der Waals surface area contributed by atoms with Crippen molar-refractivity contribution < 1.29 is 18.4 Å². The van der Waals surface area contributed by atoms with Gasteiger partial charge in [0.05, 0.1) is 7.11 Å². The standard InChI is InChI=1S/C16H13FN2O3/c1-20-13-6-8-14(9-7-13)21-10-15-18-16(19-22-15)11-2-4-12(17)5-3-11/h2-9H,10H2,1H3. The number of hydrogen-bond acceptors (Lipinski definition) is 5. The van der Waals surface area contributed by atoms with Crippen molar-refractivity contribution in [1.82, 2.24) is 10.1 Å². The number of methoxy groups -OCH3 is 1. The van der Waals surface area contributed by atoms with Crippen LogP contribution in [0.5, 0.6) is 11.5 Å². The number of halogens is 1. The quantitative estimate of drug-likeness (QED) is 0.722. The summed E-state index contributed by atoms with van der Waals surface area (Å²) in [6, 6.07) is 13.0. The van der Waals surface area contributed by atoms with E-state index in [4.69, 9.17) is 14.0 Å². The van der Waals surface area contributed by atoms with Crippen LogP contribution < -0.4 is 9.47 Å². The lowest BCUT2D eigenvalue weighted by Crippen LogP contribution is -1.95. The molecule has 0 aliphatic carbocycles. The van der Waals surface area contributed by atoms with Crippen LogP contribution in [-0.4, -0.2) is 17.3 Å². The van der Waals surface area contributed by atoms with Gasteiger partial charge in [-0.25, -0.2) is 4.39 Å². The highest BCUT2D eigenvalue weighted by atomic mass is 19.1. The number of hydrogen-bond donors (Lipinski definition) is 0. The molecule has 5 nitrogen and oxygen atoms in total. The Bertz CT molecular complexity index is 739. The van der Waals surface area contributed by atoms with E-state index < -0.39 is 0 Å². The molecule has 0 radical (unpaired) electrons. The first-order valence-corrected chi connectivity index (χ1v) is 6.60. The molecule has 0 atom stereocenters. The SMILES string of the molecule is COc1ccc(OCc2nc(-c3ccc(F)cc3)no2)cc1. The molecule has 22 heavy (non-hydrogen) atoms. The Hall–Kier alpha value is -2.89.